The van der Waals surface area contributed by atoms with Gasteiger partial charge in [-0.15, -0.1) is 5.53 Å². The summed E-state index contributed by atoms with van der Waals surface area (Å²) < 4.78 is 45.8. The minimum atomic E-state index is -1.83. The SMILES string of the molecule is CC[C@H]1OC(=O)[C@H](C)CC[C@@H](O[C@H]2C[C@@H](N(C)CCC3=CN([C@H](CF)[C@H](OC)c4ccc(-c5cnc(N)s5)cc4)NN3)C[C@@H](C)O2)[C@](C)(OC)C[C@@H](C)C(=O)[C@H](C)[C@@H](O)[C@]1(C)O. The molecule has 0 saturated carbocycles. The summed E-state index contributed by atoms with van der Waals surface area (Å²) in [4.78, 5) is 34.6. The molecule has 13 atom stereocenters. The van der Waals surface area contributed by atoms with Crippen LogP contribution in [0.25, 0.3) is 10.4 Å². The van der Waals surface area contributed by atoms with Crippen LogP contribution in [0.1, 0.15) is 105 Å². The lowest BCUT2D eigenvalue weighted by molar-refractivity contribution is -0.256. The average molecular weight is 891 g/mol. The number of alkyl halides is 1. The van der Waals surface area contributed by atoms with Crippen LogP contribution >= 0.6 is 11.3 Å². The van der Waals surface area contributed by atoms with Gasteiger partial charge >= 0.3 is 5.97 Å². The van der Waals surface area contributed by atoms with Crippen molar-refractivity contribution in [3.8, 4) is 10.4 Å². The van der Waals surface area contributed by atoms with Crippen molar-refractivity contribution in [1.82, 2.24) is 25.9 Å². The van der Waals surface area contributed by atoms with Gasteiger partial charge in [0, 0.05) is 69.6 Å². The second kappa shape index (κ2) is 21.6. The number of Topliss-reactive ketones (excluding diaryl/α,β-unsaturated/α-hetero) is 1. The molecular formula is C45H71FN6O9S. The number of aromatic nitrogens is 1. The largest absolute Gasteiger partial charge is 0.459 e. The Hall–Kier alpha value is -3.26. The lowest BCUT2D eigenvalue weighted by Gasteiger charge is -2.44. The molecule has 6 N–H and O–H groups in total. The molecule has 1 aromatic heterocycles. The van der Waals surface area contributed by atoms with E-state index in [1.54, 1.807) is 46.2 Å². The van der Waals surface area contributed by atoms with Crippen LogP contribution in [0, 0.1) is 17.8 Å². The maximum Gasteiger partial charge on any atom is 0.309 e. The summed E-state index contributed by atoms with van der Waals surface area (Å²) in [7, 11) is 5.25. The molecule has 3 aliphatic rings. The van der Waals surface area contributed by atoms with Gasteiger partial charge in [-0.25, -0.2) is 9.37 Å². The van der Waals surface area contributed by atoms with Gasteiger partial charge in [0.05, 0.1) is 34.7 Å². The number of halogens is 1. The first kappa shape index (κ1) is 49.8. The number of hydrogen-bond donors (Lipinski definition) is 5. The average Bonchev–Trinajstić information content (AvgIpc) is 3.92. The molecule has 2 fully saturated rings. The van der Waals surface area contributed by atoms with E-state index in [1.807, 2.05) is 51.2 Å². The third-order valence-electron chi connectivity index (χ3n) is 13.3. The number of esters is 1. The van der Waals surface area contributed by atoms with Crippen molar-refractivity contribution in [2.45, 2.75) is 154 Å². The van der Waals surface area contributed by atoms with E-state index in [4.69, 9.17) is 29.4 Å². The van der Waals surface area contributed by atoms with Crippen molar-refractivity contribution in [2.24, 2.45) is 17.8 Å². The molecule has 0 unspecified atom stereocenters. The Morgan fingerprint density at radius 3 is 2.44 bits per heavy atom. The highest BCUT2D eigenvalue weighted by Crippen LogP contribution is 2.38. The van der Waals surface area contributed by atoms with Crippen molar-refractivity contribution in [2.75, 3.05) is 40.2 Å². The third-order valence-corrected chi connectivity index (χ3v) is 14.2. The Balaban J connectivity index is 1.24. The predicted molar refractivity (Wildman–Crippen MR) is 236 cm³/mol. The van der Waals surface area contributed by atoms with Crippen LogP contribution in [0.2, 0.25) is 0 Å². The second-order valence-electron chi connectivity index (χ2n) is 18.0. The summed E-state index contributed by atoms with van der Waals surface area (Å²) in [5, 5.41) is 24.9. The number of carbonyl (C=O) groups is 2. The van der Waals surface area contributed by atoms with E-state index in [0.29, 0.717) is 37.4 Å². The lowest BCUT2D eigenvalue weighted by atomic mass is 9.76. The topological polar surface area (TPSA) is 190 Å². The van der Waals surface area contributed by atoms with E-state index in [0.717, 1.165) is 28.1 Å². The van der Waals surface area contributed by atoms with Crippen LogP contribution in [-0.4, -0.2) is 125 Å². The number of benzene rings is 1. The number of methoxy groups -OCH3 is 2. The number of aliphatic hydroxyl groups is 2. The highest BCUT2D eigenvalue weighted by Gasteiger charge is 2.48. The zero-order valence-electron chi connectivity index (χ0n) is 38.1. The summed E-state index contributed by atoms with van der Waals surface area (Å²) in [5.74, 6) is -2.76. The summed E-state index contributed by atoms with van der Waals surface area (Å²) in [6, 6.07) is 7.28. The molecule has 1 aromatic carbocycles. The van der Waals surface area contributed by atoms with Crippen LogP contribution in [-0.2, 0) is 33.3 Å². The Bertz CT molecular complexity index is 1800. The van der Waals surface area contributed by atoms with Crippen molar-refractivity contribution in [3.05, 3.63) is 47.9 Å². The molecule has 0 aliphatic carbocycles. The molecule has 5 rings (SSSR count). The lowest BCUT2D eigenvalue weighted by Crippen LogP contribution is -2.56. The van der Waals surface area contributed by atoms with Crippen LogP contribution in [0.15, 0.2) is 42.4 Å². The number of cyclic esters (lactones) is 1. The van der Waals surface area contributed by atoms with Crippen LogP contribution in [0.5, 0.6) is 0 Å². The Kier molecular flexibility index (Phi) is 17.3. The normalized spacial score (nSPS) is 34.0. The van der Waals surface area contributed by atoms with Crippen LogP contribution in [0.3, 0.4) is 0 Å². The van der Waals surface area contributed by atoms with Gasteiger partial charge in [0.2, 0.25) is 0 Å². The number of ketones is 1. The van der Waals surface area contributed by atoms with Gasteiger partial charge in [0.25, 0.3) is 0 Å². The number of nitrogens with zero attached hydrogens (tertiary/aromatic N) is 3. The molecule has 17 heteroatoms. The number of hydrazine groups is 2. The molecule has 0 amide bonds. The fourth-order valence-electron chi connectivity index (χ4n) is 9.20. The van der Waals surface area contributed by atoms with E-state index in [2.05, 4.69) is 27.9 Å². The van der Waals surface area contributed by atoms with E-state index in [-0.39, 0.29) is 30.8 Å². The molecule has 348 valence electrons. The van der Waals surface area contributed by atoms with Crippen molar-refractivity contribution in [3.63, 3.8) is 0 Å². The minimum Gasteiger partial charge on any atom is -0.459 e. The maximum atomic E-state index is 14.7. The van der Waals surface area contributed by atoms with E-state index in [9.17, 15) is 24.2 Å². The van der Waals surface area contributed by atoms with Crippen molar-refractivity contribution in [1.29, 1.82) is 0 Å². The van der Waals surface area contributed by atoms with Crippen molar-refractivity contribution < 1.29 is 47.9 Å². The zero-order valence-corrected chi connectivity index (χ0v) is 39.0. The number of aliphatic hydroxyl groups excluding tert-OH is 1. The summed E-state index contributed by atoms with van der Waals surface area (Å²) in [6.07, 6.45) is 2.73. The number of anilines is 1. The molecule has 0 bridgehead atoms. The quantitative estimate of drug-likeness (QED) is 0.146. The van der Waals surface area contributed by atoms with Gasteiger partial charge in [-0.1, -0.05) is 63.3 Å². The van der Waals surface area contributed by atoms with Gasteiger partial charge < -0.3 is 50.0 Å². The molecule has 15 nitrogen and oxygen atoms in total. The first-order valence-electron chi connectivity index (χ1n) is 22.0. The van der Waals surface area contributed by atoms with Gasteiger partial charge in [-0.3, -0.25) is 14.6 Å². The number of ether oxygens (including phenoxy) is 5. The Morgan fingerprint density at radius 1 is 1.11 bits per heavy atom. The molecular weight excluding hydrogens is 820 g/mol. The second-order valence-corrected chi connectivity index (χ2v) is 19.1. The highest BCUT2D eigenvalue weighted by atomic mass is 32.1. The van der Waals surface area contributed by atoms with E-state index < -0.39 is 78.3 Å². The molecule has 62 heavy (non-hydrogen) atoms. The first-order valence-corrected chi connectivity index (χ1v) is 22.8. The highest BCUT2D eigenvalue weighted by molar-refractivity contribution is 7.18. The third kappa shape index (κ3) is 11.7. The number of nitrogen functional groups attached to an aromatic ring is 1. The van der Waals surface area contributed by atoms with Gasteiger partial charge in [-0.2, -0.15) is 0 Å². The molecule has 0 spiro atoms. The van der Waals surface area contributed by atoms with Crippen LogP contribution < -0.4 is 16.7 Å². The first-order chi connectivity index (χ1) is 29.3. The summed E-state index contributed by atoms with van der Waals surface area (Å²) in [5.41, 5.74) is 12.1. The molecule has 2 saturated heterocycles. The summed E-state index contributed by atoms with van der Waals surface area (Å²) in [6.45, 7) is 12.4. The fourth-order valence-corrected chi connectivity index (χ4v) is 9.89. The molecule has 2 aromatic rings. The Labute approximate surface area is 370 Å². The molecule has 3 aliphatic heterocycles. The zero-order chi connectivity index (χ0) is 45.5. The molecule has 4 heterocycles. The van der Waals surface area contributed by atoms with Crippen LogP contribution in [0.4, 0.5) is 9.52 Å². The fraction of sp³-hybridized carbons (Fsp3) is 0.711. The van der Waals surface area contributed by atoms with Crippen molar-refractivity contribution >= 4 is 28.2 Å². The maximum absolute atomic E-state index is 14.7. The number of hydrogen-bond acceptors (Lipinski definition) is 16. The number of nitrogens with two attached hydrogens (primary N) is 1. The van der Waals surface area contributed by atoms with E-state index >= 15 is 0 Å². The number of carbonyl (C=O) groups excluding carboxylic acids is 2. The predicted octanol–water partition coefficient (Wildman–Crippen LogP) is 5.68. The monoisotopic (exact) mass is 890 g/mol. The number of rotatable bonds is 14. The standard InChI is InChI=1S/C45H71FN6O9S/c1-11-36-45(7,56)41(54)29(5)39(53)27(3)22-44(6,58-10)37(17-12-26(2)42(55)61-36)60-38-21-33(20-28(4)59-38)51(8)19-18-32-25-52(50-49-32)34(23-46)40(57-9)31-15-13-30(14-16-31)35-24-48-43(47)62-35/h13-16,24-29,33-34,36-38,40-41,49-50,54,56H,11-12,17-23H2,1-10H3,(H2,47,48)/t26-,27-,28-,29+,33+,34-,36-,37-,38+,40-,41-,44-,45-/m1/s1. The van der Waals surface area contributed by atoms with Gasteiger partial charge in [0.1, 0.15) is 36.3 Å². The van der Waals surface area contributed by atoms with Gasteiger partial charge in [0.15, 0.2) is 11.4 Å². The van der Waals surface area contributed by atoms with Gasteiger partial charge in [-0.05, 0) is 71.0 Å². The number of nitrogens with one attached hydrogen (secondary N) is 2. The minimum absolute atomic E-state index is 0.110. The van der Waals surface area contributed by atoms with E-state index in [1.165, 1.54) is 18.3 Å². The summed E-state index contributed by atoms with van der Waals surface area (Å²) >= 11 is 1.41. The number of thiazole rings is 1. The molecule has 0 radical (unpaired) electrons. The Morgan fingerprint density at radius 2 is 1.82 bits per heavy atom. The smallest absolute Gasteiger partial charge is 0.309 e.